The number of H-pyrrole nitrogens is 1. The molecule has 1 atom stereocenters. The third-order valence-corrected chi connectivity index (χ3v) is 2.85. The molecule has 0 spiro atoms. The second-order valence-corrected chi connectivity index (χ2v) is 5.56. The van der Waals surface area contributed by atoms with Gasteiger partial charge in [0.25, 0.3) is 0 Å². The lowest BCUT2D eigenvalue weighted by Crippen LogP contribution is -2.36. The zero-order valence-corrected chi connectivity index (χ0v) is 11.1. The number of aromatic nitrogens is 2. The maximum atomic E-state index is 12.1. The number of ether oxygens (including phenoxy) is 1. The van der Waals surface area contributed by atoms with E-state index >= 15 is 0 Å². The average molecular weight is 247 g/mol. The minimum atomic E-state index is -0.475. The van der Waals surface area contributed by atoms with Gasteiger partial charge in [0.15, 0.2) is 7.85 Å². The molecule has 96 valence electrons. The topological polar surface area (TPSA) is 58.2 Å². The van der Waals surface area contributed by atoms with Gasteiger partial charge in [0.2, 0.25) is 0 Å². The van der Waals surface area contributed by atoms with E-state index in [1.165, 1.54) is 0 Å². The lowest BCUT2D eigenvalue weighted by atomic mass is 10.1. The van der Waals surface area contributed by atoms with Crippen LogP contribution in [0.3, 0.4) is 0 Å². The third-order valence-electron chi connectivity index (χ3n) is 2.85. The Balaban J connectivity index is 2.10. The maximum absolute atomic E-state index is 12.1. The van der Waals surface area contributed by atoms with Crippen LogP contribution in [0.4, 0.5) is 4.79 Å². The lowest BCUT2D eigenvalue weighted by Gasteiger charge is -2.28. The van der Waals surface area contributed by atoms with E-state index in [0.29, 0.717) is 12.3 Å². The summed E-state index contributed by atoms with van der Waals surface area (Å²) >= 11 is 0. The van der Waals surface area contributed by atoms with Crippen molar-refractivity contribution in [1.29, 1.82) is 0 Å². The Hall–Kier alpha value is -1.46. The fraction of sp³-hybridized carbons (Fsp3) is 0.667. The van der Waals surface area contributed by atoms with Gasteiger partial charge in [0, 0.05) is 18.5 Å². The Bertz CT molecular complexity index is 439. The highest BCUT2D eigenvalue weighted by Gasteiger charge is 2.33. The number of carbonyl (C=O) groups excluding carboxylic acids is 1. The van der Waals surface area contributed by atoms with Crippen LogP contribution in [0.15, 0.2) is 6.20 Å². The molecule has 1 amide bonds. The second kappa shape index (κ2) is 4.67. The van der Waals surface area contributed by atoms with Crippen molar-refractivity contribution < 1.29 is 9.53 Å². The Labute approximate surface area is 108 Å². The fourth-order valence-corrected chi connectivity index (χ4v) is 2.15. The molecule has 0 aromatic carbocycles. The third kappa shape index (κ3) is 2.86. The van der Waals surface area contributed by atoms with Crippen LogP contribution in [0.5, 0.6) is 0 Å². The van der Waals surface area contributed by atoms with E-state index in [1.54, 1.807) is 11.1 Å². The van der Waals surface area contributed by atoms with Crippen LogP contribution in [0, 0.1) is 0 Å². The molecular weight excluding hydrogens is 229 g/mol. The van der Waals surface area contributed by atoms with Gasteiger partial charge >= 0.3 is 6.09 Å². The first-order chi connectivity index (χ1) is 8.37. The highest BCUT2D eigenvalue weighted by atomic mass is 16.6. The highest BCUT2D eigenvalue weighted by molar-refractivity contribution is 6.29. The summed E-state index contributed by atoms with van der Waals surface area (Å²) in [5.41, 5.74) is 0.772. The molecule has 1 N–H and O–H groups in total. The van der Waals surface area contributed by atoms with E-state index in [1.807, 2.05) is 20.8 Å². The molecule has 2 heterocycles. The maximum Gasteiger partial charge on any atom is 0.410 e. The van der Waals surface area contributed by atoms with Crippen molar-refractivity contribution in [3.8, 4) is 0 Å². The van der Waals surface area contributed by atoms with Crippen molar-refractivity contribution in [3.63, 3.8) is 0 Å². The molecule has 18 heavy (non-hydrogen) atoms. The summed E-state index contributed by atoms with van der Waals surface area (Å²) in [6.07, 6.45) is 3.27. The molecule has 5 nitrogen and oxygen atoms in total. The predicted octanol–water partition coefficient (Wildman–Crippen LogP) is 1.28. The number of rotatable bonds is 1. The van der Waals surface area contributed by atoms with E-state index in [0.717, 1.165) is 18.5 Å². The molecule has 1 fully saturated rings. The van der Waals surface area contributed by atoms with Gasteiger partial charge in [-0.3, -0.25) is 9.88 Å². The zero-order valence-electron chi connectivity index (χ0n) is 11.1. The quantitative estimate of drug-likeness (QED) is 0.760. The number of hydrogen-bond acceptors (Lipinski definition) is 3. The summed E-state index contributed by atoms with van der Waals surface area (Å²) in [7, 11) is 5.57. The molecular formula is C12H18BN3O2. The number of nitrogens with one attached hydrogen (secondary N) is 1. The van der Waals surface area contributed by atoms with Gasteiger partial charge < -0.3 is 9.72 Å². The molecule has 0 aliphatic carbocycles. The number of nitrogens with zero attached hydrogens (tertiary/aromatic N) is 2. The van der Waals surface area contributed by atoms with Crippen LogP contribution in [-0.4, -0.2) is 41.0 Å². The first-order valence-corrected chi connectivity index (χ1v) is 6.17. The van der Waals surface area contributed by atoms with Gasteiger partial charge in [-0.15, -0.1) is 0 Å². The Morgan fingerprint density at radius 1 is 1.61 bits per heavy atom. The first kappa shape index (κ1) is 13.0. The minimum Gasteiger partial charge on any atom is -0.444 e. The van der Waals surface area contributed by atoms with Gasteiger partial charge in [-0.2, -0.15) is 0 Å². The number of aromatic amines is 1. The van der Waals surface area contributed by atoms with Gasteiger partial charge in [-0.25, -0.2) is 4.79 Å². The number of amides is 1. The van der Waals surface area contributed by atoms with Crippen LogP contribution in [0.25, 0.3) is 0 Å². The van der Waals surface area contributed by atoms with Gasteiger partial charge in [-0.1, -0.05) is 0 Å². The molecule has 0 bridgehead atoms. The lowest BCUT2D eigenvalue weighted by molar-refractivity contribution is 0.0222. The molecule has 2 rings (SSSR count). The van der Waals surface area contributed by atoms with Crippen LogP contribution in [0.1, 0.15) is 45.3 Å². The Morgan fingerprint density at radius 2 is 2.33 bits per heavy atom. The zero-order chi connectivity index (χ0) is 13.3. The molecule has 1 aromatic rings. The van der Waals surface area contributed by atoms with Crippen molar-refractivity contribution in [2.24, 2.45) is 0 Å². The standard InChI is InChI=1S/C12H18BN3O2/c1-12(2,3)18-11(17)16-6-4-5-9(16)8-7-14-10(13)15-8/h7,9H,4-6H2,1-3H3,(H,14,15)/t9-/m0/s1. The summed E-state index contributed by atoms with van der Waals surface area (Å²) in [4.78, 5) is 20.8. The Kier molecular flexibility index (Phi) is 3.37. The van der Waals surface area contributed by atoms with Crippen LogP contribution in [0.2, 0.25) is 0 Å². The monoisotopic (exact) mass is 247 g/mol. The second-order valence-electron chi connectivity index (χ2n) is 5.56. The Morgan fingerprint density at radius 3 is 2.89 bits per heavy atom. The van der Waals surface area contributed by atoms with Crippen LogP contribution in [-0.2, 0) is 4.74 Å². The van der Waals surface area contributed by atoms with Crippen molar-refractivity contribution in [2.45, 2.75) is 45.3 Å². The van der Waals surface area contributed by atoms with Crippen molar-refractivity contribution in [3.05, 3.63) is 11.9 Å². The number of carbonyl (C=O) groups is 1. The highest BCUT2D eigenvalue weighted by Crippen LogP contribution is 2.31. The molecule has 0 saturated carbocycles. The summed E-state index contributed by atoms with van der Waals surface area (Å²) in [6.45, 7) is 6.30. The van der Waals surface area contributed by atoms with Gasteiger partial charge in [0.05, 0.1) is 11.7 Å². The van der Waals surface area contributed by atoms with Gasteiger partial charge in [-0.05, 0) is 33.6 Å². The van der Waals surface area contributed by atoms with E-state index in [-0.39, 0.29) is 12.1 Å². The first-order valence-electron chi connectivity index (χ1n) is 6.17. The van der Waals surface area contributed by atoms with Crippen molar-refractivity contribution in [2.75, 3.05) is 6.54 Å². The largest absolute Gasteiger partial charge is 0.444 e. The van der Waals surface area contributed by atoms with Crippen molar-refractivity contribution in [1.82, 2.24) is 14.9 Å². The SMILES string of the molecule is [B]c1ncc([C@@H]2CCCN2C(=O)OC(C)(C)C)[nH]1. The van der Waals surface area contributed by atoms with E-state index in [9.17, 15) is 4.79 Å². The number of imidazole rings is 1. The average Bonchev–Trinajstić information content (AvgIpc) is 2.81. The molecule has 1 aliphatic rings. The smallest absolute Gasteiger partial charge is 0.410 e. The minimum absolute atomic E-state index is 0.00958. The summed E-state index contributed by atoms with van der Waals surface area (Å²) in [6, 6.07) is -0.00958. The fourth-order valence-electron chi connectivity index (χ4n) is 2.15. The van der Waals surface area contributed by atoms with Gasteiger partial charge in [0.1, 0.15) is 5.60 Å². The molecule has 6 heteroatoms. The van der Waals surface area contributed by atoms with Crippen LogP contribution >= 0.6 is 0 Å². The summed E-state index contributed by atoms with van der Waals surface area (Å²) < 4.78 is 5.40. The molecule has 1 aromatic heterocycles. The number of hydrogen-bond donors (Lipinski definition) is 1. The summed E-state index contributed by atoms with van der Waals surface area (Å²) in [5.74, 6) is 0. The molecule has 1 aliphatic heterocycles. The van der Waals surface area contributed by atoms with E-state index < -0.39 is 5.60 Å². The predicted molar refractivity (Wildman–Crippen MR) is 68.9 cm³/mol. The normalized spacial score (nSPS) is 20.2. The molecule has 1 saturated heterocycles. The number of likely N-dealkylation sites (tertiary alicyclic amines) is 1. The van der Waals surface area contributed by atoms with Crippen molar-refractivity contribution >= 4 is 19.7 Å². The van der Waals surface area contributed by atoms with E-state index in [2.05, 4.69) is 9.97 Å². The molecule has 2 radical (unpaired) electrons. The van der Waals surface area contributed by atoms with E-state index in [4.69, 9.17) is 12.6 Å². The summed E-state index contributed by atoms with van der Waals surface area (Å²) in [5, 5.41) is 0. The molecule has 0 unspecified atom stereocenters. The van der Waals surface area contributed by atoms with Crippen LogP contribution < -0.4 is 5.72 Å².